The van der Waals surface area contributed by atoms with E-state index in [1.165, 1.54) is 0 Å². The topological polar surface area (TPSA) is 74.0 Å². The molecule has 0 atom stereocenters. The van der Waals surface area contributed by atoms with Crippen LogP contribution in [0.3, 0.4) is 0 Å². The molecule has 1 aromatic rings. The van der Waals surface area contributed by atoms with Crippen LogP contribution >= 0.6 is 0 Å². The van der Waals surface area contributed by atoms with Gasteiger partial charge in [0.1, 0.15) is 0 Å². The van der Waals surface area contributed by atoms with Crippen molar-refractivity contribution in [1.29, 1.82) is 0 Å². The van der Waals surface area contributed by atoms with E-state index < -0.39 is 0 Å². The number of anilines is 1. The van der Waals surface area contributed by atoms with Gasteiger partial charge in [-0.1, -0.05) is 0 Å². The van der Waals surface area contributed by atoms with Gasteiger partial charge in [-0.15, -0.1) is 0 Å². The molecule has 1 rings (SSSR count). The van der Waals surface area contributed by atoms with Gasteiger partial charge < -0.3 is 24.8 Å². The summed E-state index contributed by atoms with van der Waals surface area (Å²) >= 11 is 0. The molecule has 22 heavy (non-hydrogen) atoms. The molecule has 0 spiro atoms. The molecule has 0 aromatic heterocycles. The van der Waals surface area contributed by atoms with Gasteiger partial charge in [-0.25, -0.2) is 0 Å². The van der Waals surface area contributed by atoms with Crippen LogP contribution in [0, 0.1) is 0 Å². The summed E-state index contributed by atoms with van der Waals surface area (Å²) in [5.41, 5.74) is 7.48. The van der Waals surface area contributed by atoms with Gasteiger partial charge in [0, 0.05) is 30.3 Å². The van der Waals surface area contributed by atoms with Gasteiger partial charge in [0.15, 0.2) is 11.5 Å². The van der Waals surface area contributed by atoms with Gasteiger partial charge >= 0.3 is 5.97 Å². The molecule has 0 amide bonds. The van der Waals surface area contributed by atoms with Crippen molar-refractivity contribution >= 4 is 11.7 Å². The van der Waals surface area contributed by atoms with Gasteiger partial charge in [-0.3, -0.25) is 4.79 Å². The van der Waals surface area contributed by atoms with Gasteiger partial charge in [0.05, 0.1) is 20.8 Å². The van der Waals surface area contributed by atoms with E-state index in [1.54, 1.807) is 20.3 Å². The van der Waals surface area contributed by atoms with Crippen LogP contribution in [0.5, 0.6) is 11.5 Å². The van der Waals surface area contributed by atoms with Crippen LogP contribution < -0.4 is 15.2 Å². The number of nitrogen functional groups attached to an aromatic ring is 1. The van der Waals surface area contributed by atoms with E-state index in [4.69, 9.17) is 19.9 Å². The Balaban J connectivity index is 2.62. The van der Waals surface area contributed by atoms with Crippen LogP contribution in [0.15, 0.2) is 12.1 Å². The summed E-state index contributed by atoms with van der Waals surface area (Å²) in [7, 11) is 5.18. The second kappa shape index (κ2) is 9.15. The first kappa shape index (κ1) is 18.1. The molecule has 0 aliphatic rings. The molecule has 0 fully saturated rings. The highest BCUT2D eigenvalue weighted by molar-refractivity contribution is 5.69. The molecule has 0 heterocycles. The number of hydrogen-bond donors (Lipinski definition) is 1. The van der Waals surface area contributed by atoms with Crippen molar-refractivity contribution in [1.82, 2.24) is 4.90 Å². The molecule has 6 heteroatoms. The van der Waals surface area contributed by atoms with Crippen molar-refractivity contribution in [3.05, 3.63) is 17.7 Å². The SMILES string of the molecule is CCOC(=O)CCCN(C)Cc1cc(N)cc(OC)c1OC. The number of nitrogens with two attached hydrogens (primary N) is 1. The Bertz CT molecular complexity index is 491. The molecule has 0 saturated heterocycles. The zero-order valence-electron chi connectivity index (χ0n) is 13.8. The fourth-order valence-corrected chi connectivity index (χ4v) is 2.28. The molecule has 0 bridgehead atoms. The molecule has 0 radical (unpaired) electrons. The van der Waals surface area contributed by atoms with Gasteiger partial charge in [-0.2, -0.15) is 0 Å². The van der Waals surface area contributed by atoms with E-state index in [-0.39, 0.29) is 5.97 Å². The highest BCUT2D eigenvalue weighted by atomic mass is 16.5. The maximum Gasteiger partial charge on any atom is 0.305 e. The number of benzene rings is 1. The van der Waals surface area contributed by atoms with Crippen molar-refractivity contribution in [2.24, 2.45) is 0 Å². The molecule has 0 unspecified atom stereocenters. The van der Waals surface area contributed by atoms with E-state index in [0.717, 1.165) is 18.5 Å². The smallest absolute Gasteiger partial charge is 0.305 e. The fourth-order valence-electron chi connectivity index (χ4n) is 2.28. The third-order valence-corrected chi connectivity index (χ3v) is 3.24. The lowest BCUT2D eigenvalue weighted by Gasteiger charge is -2.20. The number of ether oxygens (including phenoxy) is 3. The largest absolute Gasteiger partial charge is 0.493 e. The summed E-state index contributed by atoms with van der Waals surface area (Å²) in [4.78, 5) is 13.4. The Morgan fingerprint density at radius 1 is 1.27 bits per heavy atom. The molecule has 6 nitrogen and oxygen atoms in total. The highest BCUT2D eigenvalue weighted by Crippen LogP contribution is 2.34. The number of carbonyl (C=O) groups excluding carboxylic acids is 1. The Labute approximate surface area is 132 Å². The Hall–Kier alpha value is -1.95. The minimum Gasteiger partial charge on any atom is -0.493 e. The van der Waals surface area contributed by atoms with Crippen molar-refractivity contribution in [2.45, 2.75) is 26.3 Å². The minimum atomic E-state index is -0.154. The summed E-state index contributed by atoms with van der Waals surface area (Å²) in [6.45, 7) is 3.67. The van der Waals surface area contributed by atoms with Crippen LogP contribution in [-0.4, -0.2) is 45.3 Å². The van der Waals surface area contributed by atoms with Gasteiger partial charge in [0.25, 0.3) is 0 Å². The number of carbonyl (C=O) groups is 1. The zero-order valence-corrected chi connectivity index (χ0v) is 13.8. The standard InChI is InChI=1S/C16H26N2O4/c1-5-22-15(19)7-6-8-18(2)11-12-9-13(17)10-14(20-3)16(12)21-4/h9-10H,5-8,11,17H2,1-4H3. The predicted octanol–water partition coefficient (Wildman–Crippen LogP) is 2.06. The zero-order chi connectivity index (χ0) is 16.5. The molecular weight excluding hydrogens is 284 g/mol. The average Bonchev–Trinajstić information content (AvgIpc) is 2.46. The monoisotopic (exact) mass is 310 g/mol. The summed E-state index contributed by atoms with van der Waals surface area (Å²) in [5, 5.41) is 0. The molecule has 0 aliphatic heterocycles. The van der Waals surface area contributed by atoms with Crippen LogP contribution in [0.2, 0.25) is 0 Å². The first-order chi connectivity index (χ1) is 10.5. The van der Waals surface area contributed by atoms with E-state index in [1.807, 2.05) is 20.0 Å². The van der Waals surface area contributed by atoms with Gasteiger partial charge in [0.2, 0.25) is 0 Å². The van der Waals surface area contributed by atoms with Crippen LogP contribution in [0.1, 0.15) is 25.3 Å². The molecule has 1 aromatic carbocycles. The van der Waals surface area contributed by atoms with E-state index in [9.17, 15) is 4.79 Å². The number of nitrogens with zero attached hydrogens (tertiary/aromatic N) is 1. The van der Waals surface area contributed by atoms with Crippen LogP contribution in [0.25, 0.3) is 0 Å². The normalized spacial score (nSPS) is 10.6. The lowest BCUT2D eigenvalue weighted by atomic mass is 10.1. The van der Waals surface area contributed by atoms with Crippen molar-refractivity contribution in [3.63, 3.8) is 0 Å². The van der Waals surface area contributed by atoms with Crippen LogP contribution in [-0.2, 0) is 16.1 Å². The maximum absolute atomic E-state index is 11.3. The fraction of sp³-hybridized carbons (Fsp3) is 0.562. The highest BCUT2D eigenvalue weighted by Gasteiger charge is 2.13. The maximum atomic E-state index is 11.3. The number of hydrogen-bond acceptors (Lipinski definition) is 6. The van der Waals surface area contributed by atoms with Gasteiger partial charge in [-0.05, 0) is 33.0 Å². The molecule has 0 aliphatic carbocycles. The third kappa shape index (κ3) is 5.44. The number of esters is 1. The number of rotatable bonds is 9. The average molecular weight is 310 g/mol. The molecule has 2 N–H and O–H groups in total. The Morgan fingerprint density at radius 2 is 2.00 bits per heavy atom. The molecular formula is C16H26N2O4. The Kier molecular flexibility index (Phi) is 7.52. The quantitative estimate of drug-likeness (QED) is 0.556. The predicted molar refractivity (Wildman–Crippen MR) is 86.2 cm³/mol. The molecule has 0 saturated carbocycles. The summed E-state index contributed by atoms with van der Waals surface area (Å²) in [6, 6.07) is 3.62. The summed E-state index contributed by atoms with van der Waals surface area (Å²) < 4.78 is 15.6. The van der Waals surface area contributed by atoms with E-state index in [0.29, 0.717) is 36.8 Å². The molecule has 124 valence electrons. The van der Waals surface area contributed by atoms with E-state index >= 15 is 0 Å². The second-order valence-corrected chi connectivity index (χ2v) is 5.06. The van der Waals surface area contributed by atoms with E-state index in [2.05, 4.69) is 4.90 Å². The first-order valence-corrected chi connectivity index (χ1v) is 7.36. The van der Waals surface area contributed by atoms with Crippen molar-refractivity contribution in [3.8, 4) is 11.5 Å². The first-order valence-electron chi connectivity index (χ1n) is 7.36. The third-order valence-electron chi connectivity index (χ3n) is 3.24. The summed E-state index contributed by atoms with van der Waals surface area (Å²) in [6.07, 6.45) is 1.17. The van der Waals surface area contributed by atoms with Crippen molar-refractivity contribution in [2.75, 3.05) is 40.2 Å². The van der Waals surface area contributed by atoms with Crippen molar-refractivity contribution < 1.29 is 19.0 Å². The van der Waals surface area contributed by atoms with Crippen LogP contribution in [0.4, 0.5) is 5.69 Å². The Morgan fingerprint density at radius 3 is 2.59 bits per heavy atom. The number of methoxy groups -OCH3 is 2. The lowest BCUT2D eigenvalue weighted by Crippen LogP contribution is -2.20. The minimum absolute atomic E-state index is 0.154. The summed E-state index contributed by atoms with van der Waals surface area (Å²) in [5.74, 6) is 1.16. The lowest BCUT2D eigenvalue weighted by molar-refractivity contribution is -0.143. The second-order valence-electron chi connectivity index (χ2n) is 5.06.